The van der Waals surface area contributed by atoms with E-state index in [1.165, 1.54) is 43.7 Å². The van der Waals surface area contributed by atoms with Crippen LogP contribution in [0.15, 0.2) is 0 Å². The summed E-state index contributed by atoms with van der Waals surface area (Å²) in [7, 11) is 0. The molecular formula is C13H26N2S. The number of thioether (sulfide) groups is 1. The quantitative estimate of drug-likeness (QED) is 0.818. The number of likely N-dealkylation sites (tertiary alicyclic amines) is 1. The van der Waals surface area contributed by atoms with Crippen LogP contribution in [0.1, 0.15) is 39.5 Å². The summed E-state index contributed by atoms with van der Waals surface area (Å²) in [5.74, 6) is 2.76. The Balaban J connectivity index is 1.83. The van der Waals surface area contributed by atoms with Crippen LogP contribution >= 0.6 is 11.8 Å². The highest BCUT2D eigenvalue weighted by Crippen LogP contribution is 2.27. The highest BCUT2D eigenvalue weighted by atomic mass is 32.2. The Morgan fingerprint density at radius 3 is 2.88 bits per heavy atom. The lowest BCUT2D eigenvalue weighted by atomic mass is 9.95. The van der Waals surface area contributed by atoms with Gasteiger partial charge in [0.25, 0.3) is 0 Å². The summed E-state index contributed by atoms with van der Waals surface area (Å²) < 4.78 is 0. The molecule has 3 atom stereocenters. The maximum atomic E-state index is 3.61. The second-order valence-electron chi connectivity index (χ2n) is 5.24. The van der Waals surface area contributed by atoms with Crippen molar-refractivity contribution in [1.82, 2.24) is 10.2 Å². The van der Waals surface area contributed by atoms with Crippen molar-refractivity contribution >= 4 is 11.8 Å². The lowest BCUT2D eigenvalue weighted by molar-refractivity contribution is 0.0924. The Labute approximate surface area is 105 Å². The van der Waals surface area contributed by atoms with Crippen molar-refractivity contribution in [2.75, 3.05) is 24.6 Å². The summed E-state index contributed by atoms with van der Waals surface area (Å²) in [6, 6.07) is 2.42. The van der Waals surface area contributed by atoms with Gasteiger partial charge in [-0.05, 0) is 44.9 Å². The predicted molar refractivity (Wildman–Crippen MR) is 73.2 cm³/mol. The zero-order chi connectivity index (χ0) is 11.4. The number of hydrogen-bond acceptors (Lipinski definition) is 3. The Kier molecular flexibility index (Phi) is 4.98. The molecule has 2 saturated heterocycles. The van der Waals surface area contributed by atoms with Gasteiger partial charge in [-0.15, -0.1) is 0 Å². The average molecular weight is 242 g/mol. The van der Waals surface area contributed by atoms with E-state index in [-0.39, 0.29) is 0 Å². The molecule has 0 bridgehead atoms. The third-order valence-corrected chi connectivity index (χ3v) is 5.22. The molecule has 3 heteroatoms. The first-order chi connectivity index (χ1) is 7.81. The lowest BCUT2D eigenvalue weighted by Gasteiger charge is -2.43. The van der Waals surface area contributed by atoms with E-state index in [9.17, 15) is 0 Å². The van der Waals surface area contributed by atoms with Crippen LogP contribution in [0, 0.1) is 0 Å². The number of nitrogens with one attached hydrogen (secondary N) is 1. The Morgan fingerprint density at radius 2 is 2.25 bits per heavy atom. The van der Waals surface area contributed by atoms with Gasteiger partial charge in [0.15, 0.2) is 0 Å². The van der Waals surface area contributed by atoms with Crippen LogP contribution in [0.25, 0.3) is 0 Å². The van der Waals surface area contributed by atoms with Crippen molar-refractivity contribution in [1.29, 1.82) is 0 Å². The van der Waals surface area contributed by atoms with Crippen molar-refractivity contribution in [2.45, 2.75) is 57.7 Å². The van der Waals surface area contributed by atoms with E-state index in [1.54, 1.807) is 0 Å². The molecule has 0 aromatic heterocycles. The van der Waals surface area contributed by atoms with Crippen molar-refractivity contribution < 1.29 is 0 Å². The monoisotopic (exact) mass is 242 g/mol. The van der Waals surface area contributed by atoms with Gasteiger partial charge in [0.05, 0.1) is 0 Å². The highest BCUT2D eigenvalue weighted by molar-refractivity contribution is 7.99. The SMILES string of the molecule is CCNC1CCN(C2CCCSC2)C(C)C1. The first-order valence-corrected chi connectivity index (χ1v) is 8.03. The first-order valence-electron chi connectivity index (χ1n) is 6.88. The largest absolute Gasteiger partial charge is 0.314 e. The summed E-state index contributed by atoms with van der Waals surface area (Å²) in [6.07, 6.45) is 5.55. The van der Waals surface area contributed by atoms with Crippen LogP contribution < -0.4 is 5.32 Å². The summed E-state index contributed by atoms with van der Waals surface area (Å²) >= 11 is 2.15. The van der Waals surface area contributed by atoms with Crippen LogP contribution in [0.4, 0.5) is 0 Å². The predicted octanol–water partition coefficient (Wildman–Crippen LogP) is 2.34. The van der Waals surface area contributed by atoms with E-state index in [4.69, 9.17) is 0 Å². The molecule has 0 aromatic rings. The van der Waals surface area contributed by atoms with E-state index >= 15 is 0 Å². The molecule has 0 aliphatic carbocycles. The Morgan fingerprint density at radius 1 is 1.38 bits per heavy atom. The molecule has 2 rings (SSSR count). The molecule has 16 heavy (non-hydrogen) atoms. The molecule has 3 unspecified atom stereocenters. The minimum absolute atomic E-state index is 0.771. The zero-order valence-corrected chi connectivity index (χ0v) is 11.6. The van der Waals surface area contributed by atoms with Crippen LogP contribution in [0.3, 0.4) is 0 Å². The molecule has 2 aliphatic rings. The number of rotatable bonds is 3. The Bertz CT molecular complexity index is 204. The van der Waals surface area contributed by atoms with E-state index in [0.29, 0.717) is 0 Å². The summed E-state index contributed by atoms with van der Waals surface area (Å²) in [5, 5.41) is 3.61. The second-order valence-corrected chi connectivity index (χ2v) is 6.39. The molecule has 0 spiro atoms. The maximum absolute atomic E-state index is 3.61. The minimum atomic E-state index is 0.771. The fourth-order valence-electron chi connectivity index (χ4n) is 3.19. The minimum Gasteiger partial charge on any atom is -0.314 e. The van der Waals surface area contributed by atoms with E-state index in [1.807, 2.05) is 0 Å². The maximum Gasteiger partial charge on any atom is 0.0189 e. The smallest absolute Gasteiger partial charge is 0.0189 e. The van der Waals surface area contributed by atoms with Crippen molar-refractivity contribution in [2.24, 2.45) is 0 Å². The van der Waals surface area contributed by atoms with Gasteiger partial charge in [-0.25, -0.2) is 0 Å². The number of hydrogen-bond donors (Lipinski definition) is 1. The van der Waals surface area contributed by atoms with Crippen LogP contribution in [0.5, 0.6) is 0 Å². The van der Waals surface area contributed by atoms with E-state index in [0.717, 1.165) is 24.7 Å². The highest BCUT2D eigenvalue weighted by Gasteiger charge is 2.30. The zero-order valence-electron chi connectivity index (χ0n) is 10.7. The average Bonchev–Trinajstić information content (AvgIpc) is 2.31. The molecule has 2 aliphatic heterocycles. The van der Waals surface area contributed by atoms with Crippen LogP contribution in [-0.4, -0.2) is 47.6 Å². The van der Waals surface area contributed by atoms with Gasteiger partial charge < -0.3 is 5.32 Å². The fraction of sp³-hybridized carbons (Fsp3) is 1.00. The fourth-order valence-corrected chi connectivity index (χ4v) is 4.36. The number of nitrogens with zero attached hydrogens (tertiary/aromatic N) is 1. The normalized spacial score (nSPS) is 37.5. The molecule has 1 N–H and O–H groups in total. The molecule has 0 saturated carbocycles. The molecular weight excluding hydrogens is 216 g/mol. The van der Waals surface area contributed by atoms with Gasteiger partial charge >= 0.3 is 0 Å². The summed E-state index contributed by atoms with van der Waals surface area (Å²) in [5.41, 5.74) is 0. The van der Waals surface area contributed by atoms with Gasteiger partial charge in [0.2, 0.25) is 0 Å². The van der Waals surface area contributed by atoms with Gasteiger partial charge in [-0.3, -0.25) is 4.90 Å². The summed E-state index contributed by atoms with van der Waals surface area (Å²) in [4.78, 5) is 2.78. The van der Waals surface area contributed by atoms with E-state index in [2.05, 4.69) is 35.8 Å². The molecule has 94 valence electrons. The summed E-state index contributed by atoms with van der Waals surface area (Å²) in [6.45, 7) is 7.07. The van der Waals surface area contributed by atoms with Crippen molar-refractivity contribution in [3.63, 3.8) is 0 Å². The standard InChI is InChI=1S/C13H26N2S/c1-3-14-12-6-7-15(11(2)9-12)13-5-4-8-16-10-13/h11-14H,3-10H2,1-2H3. The van der Waals surface area contributed by atoms with Crippen LogP contribution in [0.2, 0.25) is 0 Å². The van der Waals surface area contributed by atoms with Crippen molar-refractivity contribution in [3.05, 3.63) is 0 Å². The van der Waals surface area contributed by atoms with E-state index < -0.39 is 0 Å². The van der Waals surface area contributed by atoms with Crippen LogP contribution in [-0.2, 0) is 0 Å². The van der Waals surface area contributed by atoms with Gasteiger partial charge in [0, 0.05) is 30.4 Å². The molecule has 0 aromatic carbocycles. The first kappa shape index (κ1) is 12.7. The molecule has 2 heterocycles. The third-order valence-electron chi connectivity index (χ3n) is 4.03. The second kappa shape index (κ2) is 6.27. The van der Waals surface area contributed by atoms with Gasteiger partial charge in [-0.1, -0.05) is 6.92 Å². The van der Waals surface area contributed by atoms with Crippen molar-refractivity contribution in [3.8, 4) is 0 Å². The number of piperidine rings is 1. The Hall–Kier alpha value is 0.270. The molecule has 2 fully saturated rings. The van der Waals surface area contributed by atoms with Gasteiger partial charge in [-0.2, -0.15) is 11.8 Å². The molecule has 2 nitrogen and oxygen atoms in total. The lowest BCUT2D eigenvalue weighted by Crippen LogP contribution is -2.52. The third kappa shape index (κ3) is 3.14. The topological polar surface area (TPSA) is 15.3 Å². The molecule has 0 radical (unpaired) electrons. The van der Waals surface area contributed by atoms with Gasteiger partial charge in [0.1, 0.15) is 0 Å². The molecule has 0 amide bonds.